The SMILES string of the molecule is C=C1CC(C)(C(C)O)C1. The maximum absolute atomic E-state index is 9.21. The third kappa shape index (κ3) is 1.01. The summed E-state index contributed by atoms with van der Waals surface area (Å²) in [5.74, 6) is 0. The molecule has 1 N–H and O–H groups in total. The van der Waals surface area contributed by atoms with Crippen molar-refractivity contribution >= 4 is 0 Å². The van der Waals surface area contributed by atoms with Crippen molar-refractivity contribution in [3.63, 3.8) is 0 Å². The fourth-order valence-electron chi connectivity index (χ4n) is 1.39. The first-order valence-corrected chi connectivity index (χ1v) is 3.39. The second-order valence-electron chi connectivity index (χ2n) is 3.43. The molecule has 1 aliphatic carbocycles. The maximum atomic E-state index is 9.21. The summed E-state index contributed by atoms with van der Waals surface area (Å²) in [6.07, 6.45) is 1.83. The Morgan fingerprint density at radius 1 is 1.67 bits per heavy atom. The van der Waals surface area contributed by atoms with Crippen molar-refractivity contribution in [3.05, 3.63) is 12.2 Å². The van der Waals surface area contributed by atoms with Crippen LogP contribution in [-0.4, -0.2) is 11.2 Å². The summed E-state index contributed by atoms with van der Waals surface area (Å²) in [5, 5.41) is 9.21. The monoisotopic (exact) mass is 126 g/mol. The molecule has 0 saturated heterocycles. The number of aliphatic hydroxyl groups is 1. The predicted octanol–water partition coefficient (Wildman–Crippen LogP) is 1.72. The molecule has 1 atom stereocenters. The highest BCUT2D eigenvalue weighted by Crippen LogP contribution is 2.46. The lowest BCUT2D eigenvalue weighted by molar-refractivity contribution is 0.0234. The molecule has 9 heavy (non-hydrogen) atoms. The highest BCUT2D eigenvalue weighted by molar-refractivity contribution is 5.15. The summed E-state index contributed by atoms with van der Waals surface area (Å²) in [7, 11) is 0. The van der Waals surface area contributed by atoms with Gasteiger partial charge >= 0.3 is 0 Å². The van der Waals surface area contributed by atoms with E-state index in [1.165, 1.54) is 5.57 Å². The first-order chi connectivity index (χ1) is 4.04. The number of allylic oxidation sites excluding steroid dienone is 1. The quantitative estimate of drug-likeness (QED) is 0.530. The van der Waals surface area contributed by atoms with Gasteiger partial charge in [-0.3, -0.25) is 0 Å². The minimum atomic E-state index is -0.178. The van der Waals surface area contributed by atoms with Crippen LogP contribution in [0.4, 0.5) is 0 Å². The molecule has 52 valence electrons. The average molecular weight is 126 g/mol. The van der Waals surface area contributed by atoms with E-state index >= 15 is 0 Å². The number of hydrogen-bond donors (Lipinski definition) is 1. The fourth-order valence-corrected chi connectivity index (χ4v) is 1.39. The normalized spacial score (nSPS) is 27.2. The van der Waals surface area contributed by atoms with Crippen LogP contribution in [0.25, 0.3) is 0 Å². The van der Waals surface area contributed by atoms with E-state index in [0.29, 0.717) is 0 Å². The molecule has 1 heteroatoms. The smallest absolute Gasteiger partial charge is 0.0571 e. The third-order valence-corrected chi connectivity index (χ3v) is 2.32. The Bertz CT molecular complexity index is 128. The van der Waals surface area contributed by atoms with Gasteiger partial charge in [-0.15, -0.1) is 0 Å². The molecule has 1 fully saturated rings. The highest BCUT2D eigenvalue weighted by Gasteiger charge is 2.38. The van der Waals surface area contributed by atoms with Crippen LogP contribution in [0.2, 0.25) is 0 Å². The van der Waals surface area contributed by atoms with Gasteiger partial charge in [0.15, 0.2) is 0 Å². The number of aliphatic hydroxyl groups excluding tert-OH is 1. The van der Waals surface area contributed by atoms with Gasteiger partial charge in [-0.2, -0.15) is 0 Å². The Kier molecular flexibility index (Phi) is 1.39. The summed E-state index contributed by atoms with van der Waals surface area (Å²) in [5.41, 5.74) is 1.43. The largest absolute Gasteiger partial charge is 0.393 e. The number of hydrogen-bond acceptors (Lipinski definition) is 1. The molecule has 1 saturated carbocycles. The first-order valence-electron chi connectivity index (χ1n) is 3.39. The molecule has 0 amide bonds. The Labute approximate surface area is 56.4 Å². The van der Waals surface area contributed by atoms with Crippen molar-refractivity contribution < 1.29 is 5.11 Å². The van der Waals surface area contributed by atoms with Gasteiger partial charge in [-0.1, -0.05) is 19.1 Å². The molecule has 0 radical (unpaired) electrons. The van der Waals surface area contributed by atoms with Crippen LogP contribution in [-0.2, 0) is 0 Å². The van der Waals surface area contributed by atoms with E-state index in [4.69, 9.17) is 0 Å². The van der Waals surface area contributed by atoms with Crippen LogP contribution in [0.15, 0.2) is 12.2 Å². The molecule has 1 rings (SSSR count). The molecule has 0 spiro atoms. The van der Waals surface area contributed by atoms with Crippen molar-refractivity contribution in [1.29, 1.82) is 0 Å². The summed E-state index contributed by atoms with van der Waals surface area (Å²) >= 11 is 0. The summed E-state index contributed by atoms with van der Waals surface area (Å²) in [4.78, 5) is 0. The van der Waals surface area contributed by atoms with E-state index in [0.717, 1.165) is 12.8 Å². The van der Waals surface area contributed by atoms with E-state index in [9.17, 15) is 5.11 Å². The molecule has 0 aromatic carbocycles. The molecule has 0 heterocycles. The van der Waals surface area contributed by atoms with Crippen LogP contribution in [0.1, 0.15) is 26.7 Å². The molecule has 0 bridgehead atoms. The molecular weight excluding hydrogens is 112 g/mol. The highest BCUT2D eigenvalue weighted by atomic mass is 16.3. The Hall–Kier alpha value is -0.300. The topological polar surface area (TPSA) is 20.2 Å². The maximum Gasteiger partial charge on any atom is 0.0571 e. The fraction of sp³-hybridized carbons (Fsp3) is 0.750. The summed E-state index contributed by atoms with van der Waals surface area (Å²) in [6.45, 7) is 7.78. The van der Waals surface area contributed by atoms with E-state index in [1.807, 2.05) is 6.92 Å². The van der Waals surface area contributed by atoms with Crippen LogP contribution in [0.5, 0.6) is 0 Å². The predicted molar refractivity (Wildman–Crippen MR) is 38.2 cm³/mol. The number of rotatable bonds is 1. The lowest BCUT2D eigenvalue weighted by atomic mass is 9.64. The van der Waals surface area contributed by atoms with Gasteiger partial charge in [-0.25, -0.2) is 0 Å². The van der Waals surface area contributed by atoms with Crippen molar-refractivity contribution in [3.8, 4) is 0 Å². The minimum absolute atomic E-state index is 0.150. The molecule has 0 aromatic heterocycles. The van der Waals surface area contributed by atoms with E-state index in [-0.39, 0.29) is 11.5 Å². The minimum Gasteiger partial charge on any atom is -0.393 e. The van der Waals surface area contributed by atoms with E-state index < -0.39 is 0 Å². The standard InChI is InChI=1S/C8H14O/c1-6-4-8(3,5-6)7(2)9/h7,9H,1,4-5H2,2-3H3. The van der Waals surface area contributed by atoms with Gasteiger partial charge in [0.1, 0.15) is 0 Å². The van der Waals surface area contributed by atoms with Crippen molar-refractivity contribution in [2.45, 2.75) is 32.8 Å². The Morgan fingerprint density at radius 3 is 2.22 bits per heavy atom. The van der Waals surface area contributed by atoms with Crippen molar-refractivity contribution in [2.24, 2.45) is 5.41 Å². The second-order valence-corrected chi connectivity index (χ2v) is 3.43. The summed E-state index contributed by atoms with van der Waals surface area (Å²) < 4.78 is 0. The van der Waals surface area contributed by atoms with Gasteiger partial charge in [0.2, 0.25) is 0 Å². The van der Waals surface area contributed by atoms with Gasteiger partial charge in [0, 0.05) is 5.41 Å². The van der Waals surface area contributed by atoms with Crippen molar-refractivity contribution in [2.75, 3.05) is 0 Å². The van der Waals surface area contributed by atoms with Crippen molar-refractivity contribution in [1.82, 2.24) is 0 Å². The molecule has 1 unspecified atom stereocenters. The zero-order chi connectivity index (χ0) is 7.07. The zero-order valence-electron chi connectivity index (χ0n) is 6.15. The average Bonchev–Trinajstić information content (AvgIpc) is 1.62. The van der Waals surface area contributed by atoms with Crippen LogP contribution in [0, 0.1) is 5.41 Å². The van der Waals surface area contributed by atoms with Crippen LogP contribution >= 0.6 is 0 Å². The van der Waals surface area contributed by atoms with Crippen LogP contribution in [0.3, 0.4) is 0 Å². The van der Waals surface area contributed by atoms with Gasteiger partial charge < -0.3 is 5.11 Å². The lowest BCUT2D eigenvalue weighted by Gasteiger charge is -2.42. The van der Waals surface area contributed by atoms with Gasteiger partial charge in [-0.05, 0) is 19.8 Å². The molecule has 0 aliphatic heterocycles. The van der Waals surface area contributed by atoms with E-state index in [2.05, 4.69) is 13.5 Å². The van der Waals surface area contributed by atoms with E-state index in [1.54, 1.807) is 0 Å². The first kappa shape index (κ1) is 6.81. The van der Waals surface area contributed by atoms with Gasteiger partial charge in [0.05, 0.1) is 6.10 Å². The molecule has 1 aliphatic rings. The second kappa shape index (κ2) is 1.84. The van der Waals surface area contributed by atoms with Crippen LogP contribution < -0.4 is 0 Å². The summed E-state index contributed by atoms with van der Waals surface area (Å²) in [6, 6.07) is 0. The molecular formula is C8H14O. The molecule has 1 nitrogen and oxygen atoms in total. The zero-order valence-corrected chi connectivity index (χ0v) is 6.15. The van der Waals surface area contributed by atoms with Gasteiger partial charge in [0.25, 0.3) is 0 Å². The third-order valence-electron chi connectivity index (χ3n) is 2.32. The Morgan fingerprint density at radius 2 is 2.11 bits per heavy atom. The Balaban J connectivity index is 2.49. The lowest BCUT2D eigenvalue weighted by Crippen LogP contribution is -2.37. The molecule has 0 aromatic rings.